The van der Waals surface area contributed by atoms with Crippen LogP contribution in [0.1, 0.15) is 53.9 Å². The number of rotatable bonds is 5. The van der Waals surface area contributed by atoms with Gasteiger partial charge in [-0.1, -0.05) is 26.3 Å². The molecule has 0 rings (SSSR count). The maximum absolute atomic E-state index is 4.70. The molecular weight excluding hydrogens is 158 g/mol. The summed E-state index contributed by atoms with van der Waals surface area (Å²) >= 11 is 0. The Balaban J connectivity index is 4.49. The third kappa shape index (κ3) is 4.87. The molecule has 0 saturated carbocycles. The van der Waals surface area contributed by atoms with Crippen molar-refractivity contribution in [1.82, 2.24) is 0 Å². The monoisotopic (exact) mass is 181 g/mol. The van der Waals surface area contributed by atoms with Crippen LogP contribution in [-0.2, 0) is 0 Å². The fraction of sp³-hybridized carbons (Fsp3) is 0.750. The van der Waals surface area contributed by atoms with E-state index in [0.717, 1.165) is 12.8 Å². The third-order valence-electron chi connectivity index (χ3n) is 2.34. The molecule has 76 valence electrons. The average molecular weight is 181 g/mol. The van der Waals surface area contributed by atoms with E-state index in [1.165, 1.54) is 17.7 Å². The molecule has 0 aliphatic carbocycles. The smallest absolute Gasteiger partial charge is 0.0472 e. The molecule has 1 unspecified atom stereocenters. The SMILES string of the molecule is CC=C(C)C(CCC)=NC(C)CC. The quantitative estimate of drug-likeness (QED) is 0.569. The van der Waals surface area contributed by atoms with Crippen molar-refractivity contribution >= 4 is 5.71 Å². The van der Waals surface area contributed by atoms with E-state index >= 15 is 0 Å². The van der Waals surface area contributed by atoms with E-state index in [9.17, 15) is 0 Å². The number of nitrogens with zero attached hydrogens (tertiary/aromatic N) is 1. The molecule has 0 amide bonds. The summed E-state index contributed by atoms with van der Waals surface area (Å²) in [5.74, 6) is 0. The lowest BCUT2D eigenvalue weighted by molar-refractivity contribution is 0.712. The second kappa shape index (κ2) is 6.88. The van der Waals surface area contributed by atoms with E-state index in [-0.39, 0.29) is 0 Å². The molecule has 0 fully saturated rings. The minimum absolute atomic E-state index is 0.469. The van der Waals surface area contributed by atoms with Crippen molar-refractivity contribution in [2.24, 2.45) is 4.99 Å². The molecular formula is C12H23N. The first-order valence-electron chi connectivity index (χ1n) is 5.35. The molecule has 0 bridgehead atoms. The molecule has 0 heterocycles. The van der Waals surface area contributed by atoms with Crippen LogP contribution in [0.2, 0.25) is 0 Å². The maximum atomic E-state index is 4.70. The number of hydrogen-bond donors (Lipinski definition) is 0. The second-order valence-corrected chi connectivity index (χ2v) is 3.55. The Hall–Kier alpha value is -0.590. The van der Waals surface area contributed by atoms with Gasteiger partial charge in [-0.2, -0.15) is 0 Å². The molecule has 0 aromatic heterocycles. The van der Waals surface area contributed by atoms with Gasteiger partial charge >= 0.3 is 0 Å². The van der Waals surface area contributed by atoms with E-state index in [4.69, 9.17) is 4.99 Å². The van der Waals surface area contributed by atoms with Crippen molar-refractivity contribution in [3.63, 3.8) is 0 Å². The lowest BCUT2D eigenvalue weighted by Crippen LogP contribution is -2.06. The highest BCUT2D eigenvalue weighted by Crippen LogP contribution is 2.07. The van der Waals surface area contributed by atoms with Crippen LogP contribution in [0.3, 0.4) is 0 Å². The zero-order valence-corrected chi connectivity index (χ0v) is 9.72. The summed E-state index contributed by atoms with van der Waals surface area (Å²) in [4.78, 5) is 4.70. The largest absolute Gasteiger partial charge is 0.286 e. The number of aliphatic imine (C=N–C) groups is 1. The molecule has 0 aliphatic heterocycles. The summed E-state index contributed by atoms with van der Waals surface area (Å²) in [6.45, 7) is 10.8. The molecule has 0 N–H and O–H groups in total. The highest BCUT2D eigenvalue weighted by molar-refractivity contribution is 5.99. The summed E-state index contributed by atoms with van der Waals surface area (Å²) in [5, 5.41) is 0. The molecule has 0 saturated heterocycles. The molecule has 1 atom stereocenters. The standard InChI is InChI=1S/C12H23N/c1-6-9-12(10(4)7-2)13-11(5)8-3/h7,11H,6,8-9H2,1-5H3. The van der Waals surface area contributed by atoms with Crippen LogP contribution in [0.5, 0.6) is 0 Å². The normalized spacial score (nSPS) is 16.1. The average Bonchev–Trinajstić information content (AvgIpc) is 2.15. The predicted octanol–water partition coefficient (Wildman–Crippen LogP) is 3.99. The second-order valence-electron chi connectivity index (χ2n) is 3.55. The Labute approximate surface area is 83.0 Å². The Morgan fingerprint density at radius 1 is 1.38 bits per heavy atom. The van der Waals surface area contributed by atoms with Gasteiger partial charge in [-0.3, -0.25) is 4.99 Å². The summed E-state index contributed by atoms with van der Waals surface area (Å²) in [5.41, 5.74) is 2.63. The maximum Gasteiger partial charge on any atom is 0.0472 e. The highest BCUT2D eigenvalue weighted by atomic mass is 14.8. The van der Waals surface area contributed by atoms with E-state index in [2.05, 4.69) is 40.7 Å². The third-order valence-corrected chi connectivity index (χ3v) is 2.34. The molecule has 0 aromatic rings. The first-order chi connectivity index (χ1) is 6.15. The Morgan fingerprint density at radius 2 is 2.00 bits per heavy atom. The van der Waals surface area contributed by atoms with Gasteiger partial charge in [0, 0.05) is 11.8 Å². The molecule has 0 aromatic carbocycles. The molecule has 0 aliphatic rings. The highest BCUT2D eigenvalue weighted by Gasteiger charge is 2.02. The molecule has 1 heteroatoms. The minimum atomic E-state index is 0.469. The zero-order valence-electron chi connectivity index (χ0n) is 9.72. The van der Waals surface area contributed by atoms with Gasteiger partial charge in [-0.15, -0.1) is 0 Å². The molecule has 0 radical (unpaired) electrons. The Bertz CT molecular complexity index is 189. The van der Waals surface area contributed by atoms with Crippen molar-refractivity contribution in [3.05, 3.63) is 11.6 Å². The topological polar surface area (TPSA) is 12.4 Å². The summed E-state index contributed by atoms with van der Waals surface area (Å²) in [6, 6.07) is 0.469. The lowest BCUT2D eigenvalue weighted by atomic mass is 10.1. The fourth-order valence-electron chi connectivity index (χ4n) is 1.12. The Morgan fingerprint density at radius 3 is 2.38 bits per heavy atom. The predicted molar refractivity (Wildman–Crippen MR) is 61.5 cm³/mol. The van der Waals surface area contributed by atoms with E-state index in [0.29, 0.717) is 6.04 Å². The van der Waals surface area contributed by atoms with Gasteiger partial charge in [0.05, 0.1) is 0 Å². The van der Waals surface area contributed by atoms with Crippen LogP contribution in [-0.4, -0.2) is 11.8 Å². The van der Waals surface area contributed by atoms with Crippen LogP contribution in [0.15, 0.2) is 16.6 Å². The van der Waals surface area contributed by atoms with E-state index in [1.54, 1.807) is 0 Å². The summed E-state index contributed by atoms with van der Waals surface area (Å²) in [7, 11) is 0. The van der Waals surface area contributed by atoms with Crippen LogP contribution in [0.4, 0.5) is 0 Å². The summed E-state index contributed by atoms with van der Waals surface area (Å²) in [6.07, 6.45) is 5.57. The van der Waals surface area contributed by atoms with Crippen molar-refractivity contribution in [2.45, 2.75) is 59.9 Å². The van der Waals surface area contributed by atoms with Gasteiger partial charge in [-0.05, 0) is 39.2 Å². The lowest BCUT2D eigenvalue weighted by Gasteiger charge is -2.09. The number of hydrogen-bond acceptors (Lipinski definition) is 1. The Kier molecular flexibility index (Phi) is 6.56. The van der Waals surface area contributed by atoms with Crippen molar-refractivity contribution < 1.29 is 0 Å². The summed E-state index contributed by atoms with van der Waals surface area (Å²) < 4.78 is 0. The molecule has 1 nitrogen and oxygen atoms in total. The van der Waals surface area contributed by atoms with Crippen molar-refractivity contribution in [3.8, 4) is 0 Å². The van der Waals surface area contributed by atoms with Gasteiger partial charge in [0.2, 0.25) is 0 Å². The zero-order chi connectivity index (χ0) is 10.3. The van der Waals surface area contributed by atoms with Gasteiger partial charge in [0.1, 0.15) is 0 Å². The molecule has 13 heavy (non-hydrogen) atoms. The van der Waals surface area contributed by atoms with E-state index < -0.39 is 0 Å². The van der Waals surface area contributed by atoms with Crippen molar-refractivity contribution in [1.29, 1.82) is 0 Å². The van der Waals surface area contributed by atoms with Gasteiger partial charge in [-0.25, -0.2) is 0 Å². The van der Waals surface area contributed by atoms with Crippen LogP contribution in [0.25, 0.3) is 0 Å². The first-order valence-corrected chi connectivity index (χ1v) is 5.35. The van der Waals surface area contributed by atoms with Crippen LogP contribution < -0.4 is 0 Å². The fourth-order valence-corrected chi connectivity index (χ4v) is 1.12. The van der Waals surface area contributed by atoms with Gasteiger partial charge < -0.3 is 0 Å². The van der Waals surface area contributed by atoms with Crippen LogP contribution in [0, 0.1) is 0 Å². The molecule has 0 spiro atoms. The van der Waals surface area contributed by atoms with Gasteiger partial charge in [0.25, 0.3) is 0 Å². The van der Waals surface area contributed by atoms with E-state index in [1.807, 2.05) is 0 Å². The number of allylic oxidation sites excluding steroid dienone is 2. The minimum Gasteiger partial charge on any atom is -0.286 e. The van der Waals surface area contributed by atoms with Gasteiger partial charge in [0.15, 0.2) is 0 Å². The van der Waals surface area contributed by atoms with Crippen LogP contribution >= 0.6 is 0 Å². The van der Waals surface area contributed by atoms with Crippen molar-refractivity contribution in [2.75, 3.05) is 0 Å². The first kappa shape index (κ1) is 12.4.